The van der Waals surface area contributed by atoms with Gasteiger partial charge in [-0.25, -0.2) is 9.37 Å². The Morgan fingerprint density at radius 3 is 2.62 bits per heavy atom. The zero-order valence-electron chi connectivity index (χ0n) is 16.1. The monoisotopic (exact) mass is 432 g/mol. The fraction of sp³-hybridized carbons (Fsp3) is 0.333. The van der Waals surface area contributed by atoms with Crippen molar-refractivity contribution in [2.45, 2.75) is 6.92 Å². The minimum Gasteiger partial charge on any atom is -0.351 e. The first-order chi connectivity index (χ1) is 14.0. The van der Waals surface area contributed by atoms with Crippen LogP contribution in [0.3, 0.4) is 0 Å². The zero-order valence-corrected chi connectivity index (χ0v) is 17.7. The summed E-state index contributed by atoms with van der Waals surface area (Å²) in [6.45, 7) is 7.00. The van der Waals surface area contributed by atoms with Gasteiger partial charge in [0.1, 0.15) is 5.82 Å². The van der Waals surface area contributed by atoms with Crippen LogP contribution in [-0.4, -0.2) is 55.1 Å². The van der Waals surface area contributed by atoms with Crippen LogP contribution < -0.4 is 10.2 Å². The maximum Gasteiger partial charge on any atom is 0.251 e. The number of aromatic nitrogens is 1. The summed E-state index contributed by atoms with van der Waals surface area (Å²) in [5.41, 5.74) is 2.49. The van der Waals surface area contributed by atoms with Gasteiger partial charge in [-0.1, -0.05) is 22.9 Å². The van der Waals surface area contributed by atoms with E-state index in [9.17, 15) is 9.18 Å². The molecule has 1 N–H and O–H groups in total. The van der Waals surface area contributed by atoms with Crippen LogP contribution in [0.1, 0.15) is 15.9 Å². The number of halogens is 2. The molecular weight excluding hydrogens is 411 g/mol. The smallest absolute Gasteiger partial charge is 0.251 e. The number of anilines is 1. The Bertz CT molecular complexity index is 1020. The Labute approximate surface area is 178 Å². The largest absolute Gasteiger partial charge is 0.351 e. The number of nitrogens with zero attached hydrogens (tertiary/aromatic N) is 3. The highest BCUT2D eigenvalue weighted by molar-refractivity contribution is 7.22. The summed E-state index contributed by atoms with van der Waals surface area (Å²) >= 11 is 7.92. The van der Waals surface area contributed by atoms with Gasteiger partial charge in [0.2, 0.25) is 0 Å². The molecule has 1 aliphatic heterocycles. The third kappa shape index (κ3) is 4.52. The van der Waals surface area contributed by atoms with Crippen LogP contribution in [0.15, 0.2) is 36.4 Å². The van der Waals surface area contributed by atoms with Crippen molar-refractivity contribution in [3.05, 3.63) is 58.4 Å². The van der Waals surface area contributed by atoms with Crippen LogP contribution in [0.25, 0.3) is 10.2 Å². The fourth-order valence-corrected chi connectivity index (χ4v) is 4.65. The van der Waals surface area contributed by atoms with Gasteiger partial charge in [-0.3, -0.25) is 9.69 Å². The number of piperazine rings is 1. The van der Waals surface area contributed by atoms with E-state index in [1.807, 2.05) is 19.1 Å². The first-order valence-corrected chi connectivity index (χ1v) is 10.8. The molecule has 0 aliphatic carbocycles. The molecule has 29 heavy (non-hydrogen) atoms. The molecule has 2 aromatic carbocycles. The van der Waals surface area contributed by atoms with Crippen LogP contribution in [0.4, 0.5) is 9.52 Å². The number of carbonyl (C=O) groups is 1. The van der Waals surface area contributed by atoms with E-state index in [0.717, 1.165) is 58.7 Å². The first kappa shape index (κ1) is 20.1. The topological polar surface area (TPSA) is 48.5 Å². The minimum absolute atomic E-state index is 0.174. The lowest BCUT2D eigenvalue weighted by Gasteiger charge is -2.34. The number of benzene rings is 2. The summed E-state index contributed by atoms with van der Waals surface area (Å²) in [7, 11) is 0. The molecule has 0 atom stereocenters. The van der Waals surface area contributed by atoms with Gasteiger partial charge in [-0.2, -0.15) is 0 Å². The molecule has 1 amide bonds. The molecule has 8 heteroatoms. The second-order valence-electron chi connectivity index (χ2n) is 7.11. The van der Waals surface area contributed by atoms with Gasteiger partial charge in [-0.15, -0.1) is 0 Å². The molecule has 1 aliphatic rings. The Balaban J connectivity index is 1.27. The Hall–Kier alpha value is -2.22. The van der Waals surface area contributed by atoms with E-state index in [-0.39, 0.29) is 11.7 Å². The highest BCUT2D eigenvalue weighted by Crippen LogP contribution is 2.33. The third-order valence-electron chi connectivity index (χ3n) is 5.20. The Kier molecular flexibility index (Phi) is 5.99. The number of amides is 1. The predicted molar refractivity (Wildman–Crippen MR) is 117 cm³/mol. The van der Waals surface area contributed by atoms with Crippen molar-refractivity contribution in [2.75, 3.05) is 44.2 Å². The molecule has 0 spiro atoms. The van der Waals surface area contributed by atoms with Gasteiger partial charge in [0.25, 0.3) is 5.91 Å². The summed E-state index contributed by atoms with van der Waals surface area (Å²) < 4.78 is 14.1. The molecule has 5 nitrogen and oxygen atoms in total. The standard InChI is InChI=1S/C21H22ClFN4OS/c1-14-17(22)6-7-18-19(14)25-21(29-18)27-12-10-26(11-13-27)9-8-24-20(28)15-2-4-16(23)5-3-15/h2-7H,8-13H2,1H3,(H,24,28). The van der Waals surface area contributed by atoms with Crippen molar-refractivity contribution in [1.29, 1.82) is 0 Å². The fourth-order valence-electron chi connectivity index (χ4n) is 3.42. The predicted octanol–water partition coefficient (Wildman–Crippen LogP) is 3.95. The van der Waals surface area contributed by atoms with E-state index in [1.54, 1.807) is 11.3 Å². The Morgan fingerprint density at radius 1 is 1.17 bits per heavy atom. The SMILES string of the molecule is Cc1c(Cl)ccc2sc(N3CCN(CCNC(=O)c4ccc(F)cc4)CC3)nc12. The van der Waals surface area contributed by atoms with Crippen LogP contribution in [0.2, 0.25) is 5.02 Å². The van der Waals surface area contributed by atoms with Crippen LogP contribution in [-0.2, 0) is 0 Å². The molecule has 152 valence electrons. The Morgan fingerprint density at radius 2 is 1.90 bits per heavy atom. The second kappa shape index (κ2) is 8.65. The van der Waals surface area contributed by atoms with Crippen LogP contribution >= 0.6 is 22.9 Å². The molecular formula is C21H22ClFN4OS. The van der Waals surface area contributed by atoms with Crippen molar-refractivity contribution in [3.8, 4) is 0 Å². The van der Waals surface area contributed by atoms with Gasteiger partial charge in [0.05, 0.1) is 10.2 Å². The number of carbonyl (C=O) groups excluding carboxylic acids is 1. The first-order valence-electron chi connectivity index (χ1n) is 9.58. The molecule has 1 saturated heterocycles. The number of rotatable bonds is 5. The zero-order chi connectivity index (χ0) is 20.4. The van der Waals surface area contributed by atoms with Crippen molar-refractivity contribution < 1.29 is 9.18 Å². The van der Waals surface area contributed by atoms with Gasteiger partial charge in [0.15, 0.2) is 5.13 Å². The molecule has 0 saturated carbocycles. The summed E-state index contributed by atoms with van der Waals surface area (Å²) in [5, 5.41) is 4.69. The lowest BCUT2D eigenvalue weighted by atomic mass is 10.2. The number of nitrogens with one attached hydrogen (secondary N) is 1. The molecule has 4 rings (SSSR count). The third-order valence-corrected chi connectivity index (χ3v) is 6.69. The molecule has 1 aromatic heterocycles. The average Bonchev–Trinajstić information content (AvgIpc) is 3.17. The molecule has 0 bridgehead atoms. The minimum atomic E-state index is -0.342. The van der Waals surface area contributed by atoms with E-state index in [2.05, 4.69) is 15.1 Å². The van der Waals surface area contributed by atoms with Gasteiger partial charge < -0.3 is 10.2 Å². The van der Waals surface area contributed by atoms with Gasteiger partial charge in [0, 0.05) is 49.9 Å². The van der Waals surface area contributed by atoms with E-state index in [0.29, 0.717) is 12.1 Å². The summed E-state index contributed by atoms with van der Waals surface area (Å²) in [6, 6.07) is 9.55. The molecule has 0 radical (unpaired) electrons. The number of aryl methyl sites for hydroxylation is 1. The number of thiazole rings is 1. The molecule has 2 heterocycles. The number of fused-ring (bicyclic) bond motifs is 1. The van der Waals surface area contributed by atoms with Crippen molar-refractivity contribution in [1.82, 2.24) is 15.2 Å². The summed E-state index contributed by atoms with van der Waals surface area (Å²) in [4.78, 5) is 21.5. The molecule has 3 aromatic rings. The lowest BCUT2D eigenvalue weighted by Crippen LogP contribution is -2.48. The maximum absolute atomic E-state index is 12.9. The van der Waals surface area contributed by atoms with Gasteiger partial charge in [-0.05, 0) is 48.9 Å². The van der Waals surface area contributed by atoms with E-state index in [4.69, 9.17) is 16.6 Å². The summed E-state index contributed by atoms with van der Waals surface area (Å²) in [5.74, 6) is -0.516. The highest BCUT2D eigenvalue weighted by atomic mass is 35.5. The number of hydrogen-bond acceptors (Lipinski definition) is 5. The van der Waals surface area contributed by atoms with Crippen molar-refractivity contribution in [2.24, 2.45) is 0 Å². The second-order valence-corrected chi connectivity index (χ2v) is 8.52. The van der Waals surface area contributed by atoms with E-state index in [1.165, 1.54) is 24.3 Å². The van der Waals surface area contributed by atoms with Gasteiger partial charge >= 0.3 is 0 Å². The summed E-state index contributed by atoms with van der Waals surface area (Å²) in [6.07, 6.45) is 0. The molecule has 1 fully saturated rings. The average molecular weight is 433 g/mol. The quantitative estimate of drug-likeness (QED) is 0.663. The highest BCUT2D eigenvalue weighted by Gasteiger charge is 2.20. The van der Waals surface area contributed by atoms with E-state index < -0.39 is 0 Å². The van der Waals surface area contributed by atoms with Crippen LogP contribution in [0, 0.1) is 12.7 Å². The van der Waals surface area contributed by atoms with Crippen molar-refractivity contribution >= 4 is 44.2 Å². The van der Waals surface area contributed by atoms with Crippen molar-refractivity contribution in [3.63, 3.8) is 0 Å². The maximum atomic E-state index is 12.9. The number of hydrogen-bond donors (Lipinski definition) is 1. The van der Waals surface area contributed by atoms with E-state index >= 15 is 0 Å². The normalized spacial score (nSPS) is 15.1. The van der Waals surface area contributed by atoms with Crippen LogP contribution in [0.5, 0.6) is 0 Å². The molecule has 0 unspecified atom stereocenters. The lowest BCUT2D eigenvalue weighted by molar-refractivity contribution is 0.0947.